The van der Waals surface area contributed by atoms with E-state index >= 15 is 0 Å². The Labute approximate surface area is 134 Å². The lowest BCUT2D eigenvalue weighted by atomic mass is 9.88. The minimum absolute atomic E-state index is 0.448. The molecule has 21 heavy (non-hydrogen) atoms. The molecule has 1 saturated heterocycles. The molecule has 1 aromatic carbocycles. The Bertz CT molecular complexity index is 414. The van der Waals surface area contributed by atoms with Gasteiger partial charge < -0.3 is 4.18 Å². The Hall–Kier alpha value is -0.510. The number of likely N-dealkylation sites (tertiary alicyclic amines) is 1. The largest absolute Gasteiger partial charge is 0.307 e. The maximum atomic E-state index is 5.92. The third-order valence-electron chi connectivity index (χ3n) is 4.44. The van der Waals surface area contributed by atoms with Crippen LogP contribution in [-0.2, 0) is 4.18 Å². The van der Waals surface area contributed by atoms with Crippen molar-refractivity contribution in [1.29, 1.82) is 0 Å². The van der Waals surface area contributed by atoms with Crippen molar-refractivity contribution >= 4 is 12.0 Å². The first-order chi connectivity index (χ1) is 10.2. The first-order valence-electron chi connectivity index (χ1n) is 8.38. The summed E-state index contributed by atoms with van der Waals surface area (Å²) in [7, 11) is 0. The summed E-state index contributed by atoms with van der Waals surface area (Å²) < 4.78 is 5.92. The molecule has 1 aliphatic heterocycles. The predicted molar refractivity (Wildman–Crippen MR) is 91.7 cm³/mol. The van der Waals surface area contributed by atoms with Crippen molar-refractivity contribution < 1.29 is 4.18 Å². The Morgan fingerprint density at radius 2 is 1.81 bits per heavy atom. The van der Waals surface area contributed by atoms with Crippen LogP contribution in [0.2, 0.25) is 0 Å². The molecule has 0 N–H and O–H groups in total. The fourth-order valence-electron chi connectivity index (χ4n) is 3.10. The third-order valence-corrected chi connectivity index (χ3v) is 5.28. The topological polar surface area (TPSA) is 12.5 Å². The summed E-state index contributed by atoms with van der Waals surface area (Å²) in [5, 5.41) is 0. The summed E-state index contributed by atoms with van der Waals surface area (Å²) >= 11 is 1.54. The van der Waals surface area contributed by atoms with Crippen molar-refractivity contribution in [1.82, 2.24) is 4.90 Å². The van der Waals surface area contributed by atoms with Gasteiger partial charge in [0.25, 0.3) is 0 Å². The highest BCUT2D eigenvalue weighted by Crippen LogP contribution is 2.36. The van der Waals surface area contributed by atoms with Gasteiger partial charge in [0.1, 0.15) is 0 Å². The second kappa shape index (κ2) is 8.21. The molecule has 0 spiro atoms. The lowest BCUT2D eigenvalue weighted by Gasteiger charge is -2.42. The molecular formula is C18H29NOS. The molecule has 1 aliphatic carbocycles. The van der Waals surface area contributed by atoms with Crippen molar-refractivity contribution in [3.63, 3.8) is 0 Å². The van der Waals surface area contributed by atoms with Crippen LogP contribution in [0, 0.1) is 6.92 Å². The lowest BCUT2D eigenvalue weighted by molar-refractivity contribution is 0.0252. The van der Waals surface area contributed by atoms with Gasteiger partial charge in [0.15, 0.2) is 0 Å². The van der Waals surface area contributed by atoms with Gasteiger partial charge in [-0.05, 0) is 58.2 Å². The van der Waals surface area contributed by atoms with Gasteiger partial charge >= 0.3 is 0 Å². The highest BCUT2D eigenvalue weighted by molar-refractivity contribution is 7.94. The lowest BCUT2D eigenvalue weighted by Crippen LogP contribution is -2.48. The summed E-state index contributed by atoms with van der Waals surface area (Å²) in [6, 6.07) is 10.1. The molecule has 0 bridgehead atoms. The highest BCUT2D eigenvalue weighted by Gasteiger charge is 2.38. The first kappa shape index (κ1) is 16.9. The molecule has 1 saturated carbocycles. The van der Waals surface area contributed by atoms with Gasteiger partial charge in [0.2, 0.25) is 0 Å². The van der Waals surface area contributed by atoms with Crippen LogP contribution in [0.5, 0.6) is 0 Å². The molecule has 2 aliphatic rings. The minimum atomic E-state index is 0.448. The summed E-state index contributed by atoms with van der Waals surface area (Å²) in [6.45, 7) is 9.77. The van der Waals surface area contributed by atoms with Gasteiger partial charge in [-0.2, -0.15) is 0 Å². The van der Waals surface area contributed by atoms with Gasteiger partial charge in [-0.15, -0.1) is 0 Å². The molecule has 3 rings (SSSR count). The van der Waals surface area contributed by atoms with Crippen LogP contribution in [0.4, 0.5) is 0 Å². The molecule has 2 nitrogen and oxygen atoms in total. The summed E-state index contributed by atoms with van der Waals surface area (Å²) in [5.41, 5.74) is 1.30. The van der Waals surface area contributed by atoms with E-state index in [1.807, 2.05) is 13.8 Å². The van der Waals surface area contributed by atoms with Crippen LogP contribution in [0.15, 0.2) is 29.2 Å². The average Bonchev–Trinajstić information content (AvgIpc) is 2.88. The van der Waals surface area contributed by atoms with E-state index in [2.05, 4.69) is 43.0 Å². The van der Waals surface area contributed by atoms with Gasteiger partial charge in [0.05, 0.1) is 6.10 Å². The maximum Gasteiger partial charge on any atom is 0.0756 e. The van der Waals surface area contributed by atoms with Crippen molar-refractivity contribution in [2.24, 2.45) is 0 Å². The SMILES string of the molecule is CC.Cc1ccc(SOC2CC(N3CCCC3C)C2)cc1. The van der Waals surface area contributed by atoms with Crippen LogP contribution in [-0.4, -0.2) is 29.6 Å². The number of hydrogen-bond acceptors (Lipinski definition) is 3. The smallest absolute Gasteiger partial charge is 0.0756 e. The zero-order valence-electron chi connectivity index (χ0n) is 13.8. The van der Waals surface area contributed by atoms with Gasteiger partial charge in [-0.3, -0.25) is 4.90 Å². The molecule has 2 fully saturated rings. The van der Waals surface area contributed by atoms with Gasteiger partial charge in [-0.1, -0.05) is 31.5 Å². The van der Waals surface area contributed by atoms with Crippen LogP contribution in [0.1, 0.15) is 52.0 Å². The van der Waals surface area contributed by atoms with Crippen molar-refractivity contribution in [2.45, 2.75) is 76.5 Å². The molecule has 1 heterocycles. The van der Waals surface area contributed by atoms with E-state index in [1.54, 1.807) is 0 Å². The molecule has 0 radical (unpaired) electrons. The maximum absolute atomic E-state index is 5.92. The highest BCUT2D eigenvalue weighted by atomic mass is 32.2. The number of rotatable bonds is 4. The predicted octanol–water partition coefficient (Wildman–Crippen LogP) is 5.06. The molecule has 0 aromatic heterocycles. The Morgan fingerprint density at radius 1 is 1.14 bits per heavy atom. The van der Waals surface area contributed by atoms with Crippen LogP contribution in [0.25, 0.3) is 0 Å². The van der Waals surface area contributed by atoms with Crippen LogP contribution >= 0.6 is 12.0 Å². The second-order valence-electron chi connectivity index (χ2n) is 5.97. The summed E-state index contributed by atoms with van der Waals surface area (Å²) in [6.07, 6.45) is 5.62. The van der Waals surface area contributed by atoms with Crippen molar-refractivity contribution in [2.75, 3.05) is 6.54 Å². The van der Waals surface area contributed by atoms with Gasteiger partial charge in [-0.25, -0.2) is 0 Å². The standard InChI is InChI=1S/C16H23NOS.C2H6/c1-12-5-7-16(8-6-12)19-18-15-10-14(11-15)17-9-3-4-13(17)2;1-2/h5-8,13-15H,3-4,9-11H2,1-2H3;1-2H3. The fraction of sp³-hybridized carbons (Fsp3) is 0.667. The van der Waals surface area contributed by atoms with E-state index in [4.69, 9.17) is 4.18 Å². The molecule has 0 amide bonds. The molecule has 1 unspecified atom stereocenters. The number of benzene rings is 1. The van der Waals surface area contributed by atoms with Crippen molar-refractivity contribution in [3.05, 3.63) is 29.8 Å². The Balaban J connectivity index is 0.000000774. The summed E-state index contributed by atoms with van der Waals surface area (Å²) in [5.74, 6) is 0. The zero-order chi connectivity index (χ0) is 15.2. The molecule has 1 aromatic rings. The average molecular weight is 308 g/mol. The molecule has 3 heteroatoms. The normalized spacial score (nSPS) is 28.7. The zero-order valence-corrected chi connectivity index (χ0v) is 14.7. The quantitative estimate of drug-likeness (QED) is 0.721. The first-order valence-corrected chi connectivity index (χ1v) is 9.12. The van der Waals surface area contributed by atoms with E-state index in [0.29, 0.717) is 6.10 Å². The number of nitrogens with zero attached hydrogens (tertiary/aromatic N) is 1. The van der Waals surface area contributed by atoms with E-state index < -0.39 is 0 Å². The molecule has 118 valence electrons. The minimum Gasteiger partial charge on any atom is -0.307 e. The number of aryl methyl sites for hydroxylation is 1. The number of hydrogen-bond donors (Lipinski definition) is 0. The summed E-state index contributed by atoms with van der Waals surface area (Å²) in [4.78, 5) is 3.89. The van der Waals surface area contributed by atoms with E-state index in [0.717, 1.165) is 12.1 Å². The monoisotopic (exact) mass is 307 g/mol. The van der Waals surface area contributed by atoms with E-state index in [1.165, 1.54) is 54.7 Å². The third kappa shape index (κ3) is 4.48. The fourth-order valence-corrected chi connectivity index (χ4v) is 3.75. The molecular weight excluding hydrogens is 278 g/mol. The molecule has 1 atom stereocenters. The second-order valence-corrected chi connectivity index (χ2v) is 6.80. The Kier molecular flexibility index (Phi) is 6.59. The van der Waals surface area contributed by atoms with E-state index in [9.17, 15) is 0 Å². The van der Waals surface area contributed by atoms with Crippen LogP contribution < -0.4 is 0 Å². The van der Waals surface area contributed by atoms with Crippen LogP contribution in [0.3, 0.4) is 0 Å². The van der Waals surface area contributed by atoms with E-state index in [-0.39, 0.29) is 0 Å². The van der Waals surface area contributed by atoms with Gasteiger partial charge in [0, 0.05) is 29.0 Å². The van der Waals surface area contributed by atoms with Crippen molar-refractivity contribution in [3.8, 4) is 0 Å². The Morgan fingerprint density at radius 3 is 2.38 bits per heavy atom.